The van der Waals surface area contributed by atoms with Crippen molar-refractivity contribution < 1.29 is 9.59 Å². The number of rotatable bonds is 3. The zero-order valence-corrected chi connectivity index (χ0v) is 16.8. The van der Waals surface area contributed by atoms with Gasteiger partial charge < -0.3 is 0 Å². The lowest BCUT2D eigenvalue weighted by Gasteiger charge is -2.43. The van der Waals surface area contributed by atoms with Gasteiger partial charge in [-0.25, -0.2) is 10.0 Å². The normalized spacial score (nSPS) is 11.3. The predicted molar refractivity (Wildman–Crippen MR) is 113 cm³/mol. The standard InChI is InChI=1S/C24H26N2O2/c1-5-25(23(28)21-17-11-15-18-12-9-10-16-20(18)21)26(24(2,3)4)22(27)19-13-7-6-8-14-19/h6-17H,5H2,1-4H3. The van der Waals surface area contributed by atoms with Crippen LogP contribution < -0.4 is 0 Å². The molecule has 3 aromatic rings. The molecule has 28 heavy (non-hydrogen) atoms. The summed E-state index contributed by atoms with van der Waals surface area (Å²) in [5, 5.41) is 5.01. The Hall–Kier alpha value is -3.14. The SMILES string of the molecule is CCN(C(=O)c1cccc2ccccc12)N(C(=O)c1ccccc1)C(C)(C)C. The molecule has 3 rings (SSSR count). The highest BCUT2D eigenvalue weighted by Crippen LogP contribution is 2.25. The summed E-state index contributed by atoms with van der Waals surface area (Å²) in [6.07, 6.45) is 0. The largest absolute Gasteiger partial charge is 0.273 e. The van der Waals surface area contributed by atoms with Crippen LogP contribution in [0, 0.1) is 0 Å². The van der Waals surface area contributed by atoms with Crippen molar-refractivity contribution in [2.45, 2.75) is 33.2 Å². The molecular weight excluding hydrogens is 348 g/mol. The third-order valence-electron chi connectivity index (χ3n) is 4.64. The summed E-state index contributed by atoms with van der Waals surface area (Å²) in [6.45, 7) is 8.09. The Labute approximate surface area is 166 Å². The number of hydrogen-bond donors (Lipinski definition) is 0. The molecule has 0 saturated carbocycles. The van der Waals surface area contributed by atoms with Crippen molar-refractivity contribution in [2.24, 2.45) is 0 Å². The van der Waals surface area contributed by atoms with Gasteiger partial charge in [0.25, 0.3) is 11.8 Å². The van der Waals surface area contributed by atoms with Crippen LogP contribution in [0.3, 0.4) is 0 Å². The van der Waals surface area contributed by atoms with Gasteiger partial charge in [-0.15, -0.1) is 0 Å². The fourth-order valence-corrected chi connectivity index (χ4v) is 3.41. The third-order valence-corrected chi connectivity index (χ3v) is 4.64. The zero-order valence-electron chi connectivity index (χ0n) is 16.8. The molecule has 4 heteroatoms. The molecule has 0 spiro atoms. The summed E-state index contributed by atoms with van der Waals surface area (Å²) in [4.78, 5) is 26.9. The molecule has 0 aliphatic heterocycles. The lowest BCUT2D eigenvalue weighted by Crippen LogP contribution is -2.58. The Balaban J connectivity index is 2.07. The molecule has 0 saturated heterocycles. The van der Waals surface area contributed by atoms with Crippen LogP contribution in [0.4, 0.5) is 0 Å². The summed E-state index contributed by atoms with van der Waals surface area (Å²) < 4.78 is 0. The Kier molecular flexibility index (Phi) is 5.50. The van der Waals surface area contributed by atoms with Gasteiger partial charge in [-0.2, -0.15) is 0 Å². The Bertz CT molecular complexity index is 985. The quantitative estimate of drug-likeness (QED) is 0.594. The number of carbonyl (C=O) groups is 2. The summed E-state index contributed by atoms with van der Waals surface area (Å²) in [5.41, 5.74) is 0.583. The van der Waals surface area contributed by atoms with Gasteiger partial charge in [-0.1, -0.05) is 54.6 Å². The number of fused-ring (bicyclic) bond motifs is 1. The van der Waals surface area contributed by atoms with Crippen molar-refractivity contribution in [3.05, 3.63) is 83.9 Å². The second kappa shape index (κ2) is 7.85. The van der Waals surface area contributed by atoms with E-state index in [-0.39, 0.29) is 11.8 Å². The predicted octanol–water partition coefficient (Wildman–Crippen LogP) is 5.16. The second-order valence-electron chi connectivity index (χ2n) is 7.70. The smallest absolute Gasteiger partial charge is 0.267 e. The van der Waals surface area contributed by atoms with Gasteiger partial charge in [-0.3, -0.25) is 9.59 Å². The molecule has 0 bridgehead atoms. The first-order chi connectivity index (χ1) is 13.3. The lowest BCUT2D eigenvalue weighted by atomic mass is 10.0. The van der Waals surface area contributed by atoms with Crippen molar-refractivity contribution in [3.8, 4) is 0 Å². The average molecular weight is 374 g/mol. The molecule has 0 unspecified atom stereocenters. The summed E-state index contributed by atoms with van der Waals surface area (Å²) >= 11 is 0. The fraction of sp³-hybridized carbons (Fsp3) is 0.250. The summed E-state index contributed by atoms with van der Waals surface area (Å²) in [7, 11) is 0. The molecular formula is C24H26N2O2. The van der Waals surface area contributed by atoms with E-state index in [0.717, 1.165) is 10.8 Å². The first-order valence-corrected chi connectivity index (χ1v) is 9.53. The Morgan fingerprint density at radius 3 is 2.04 bits per heavy atom. The van der Waals surface area contributed by atoms with Crippen LogP contribution in [-0.4, -0.2) is 33.9 Å². The van der Waals surface area contributed by atoms with Crippen LogP contribution in [0.2, 0.25) is 0 Å². The highest BCUT2D eigenvalue weighted by Gasteiger charge is 2.35. The topological polar surface area (TPSA) is 40.6 Å². The van der Waals surface area contributed by atoms with Gasteiger partial charge in [0.15, 0.2) is 0 Å². The first kappa shape index (κ1) is 19.6. The molecule has 0 heterocycles. The van der Waals surface area contributed by atoms with Gasteiger partial charge in [0.05, 0.1) is 5.54 Å². The van der Waals surface area contributed by atoms with Crippen LogP contribution in [0.25, 0.3) is 10.8 Å². The van der Waals surface area contributed by atoms with Gasteiger partial charge in [0, 0.05) is 17.7 Å². The highest BCUT2D eigenvalue weighted by atomic mass is 16.2. The number of hydrazine groups is 1. The van der Waals surface area contributed by atoms with Crippen molar-refractivity contribution in [1.82, 2.24) is 10.0 Å². The van der Waals surface area contributed by atoms with Crippen LogP contribution in [0.1, 0.15) is 48.4 Å². The Morgan fingerprint density at radius 2 is 1.39 bits per heavy atom. The number of amides is 2. The lowest BCUT2D eigenvalue weighted by molar-refractivity contribution is -0.0409. The zero-order chi connectivity index (χ0) is 20.3. The van der Waals surface area contributed by atoms with E-state index in [1.54, 1.807) is 22.2 Å². The van der Waals surface area contributed by atoms with E-state index < -0.39 is 5.54 Å². The van der Waals surface area contributed by atoms with Gasteiger partial charge in [-0.05, 0) is 56.7 Å². The van der Waals surface area contributed by atoms with Gasteiger partial charge >= 0.3 is 0 Å². The van der Waals surface area contributed by atoms with E-state index >= 15 is 0 Å². The van der Waals surface area contributed by atoms with Gasteiger partial charge in [0.1, 0.15) is 0 Å². The molecule has 0 fully saturated rings. The number of carbonyl (C=O) groups excluding carboxylic acids is 2. The Morgan fingerprint density at radius 1 is 0.786 bits per heavy atom. The number of benzene rings is 3. The molecule has 0 N–H and O–H groups in total. The maximum absolute atomic E-state index is 13.5. The molecule has 0 atom stereocenters. The van der Waals surface area contributed by atoms with Crippen molar-refractivity contribution in [2.75, 3.05) is 6.54 Å². The molecule has 0 aliphatic rings. The number of hydrogen-bond acceptors (Lipinski definition) is 2. The van der Waals surface area contributed by atoms with Crippen LogP contribution in [0.15, 0.2) is 72.8 Å². The number of nitrogens with zero attached hydrogens (tertiary/aromatic N) is 2. The molecule has 0 radical (unpaired) electrons. The van der Waals surface area contributed by atoms with E-state index in [9.17, 15) is 9.59 Å². The molecule has 4 nitrogen and oxygen atoms in total. The minimum Gasteiger partial charge on any atom is -0.267 e. The minimum absolute atomic E-state index is 0.182. The maximum atomic E-state index is 13.5. The van der Waals surface area contributed by atoms with E-state index in [1.807, 2.05) is 88.4 Å². The van der Waals surface area contributed by atoms with E-state index in [2.05, 4.69) is 0 Å². The van der Waals surface area contributed by atoms with Crippen LogP contribution in [-0.2, 0) is 0 Å². The second-order valence-corrected chi connectivity index (χ2v) is 7.70. The van der Waals surface area contributed by atoms with Crippen LogP contribution in [0.5, 0.6) is 0 Å². The monoisotopic (exact) mass is 374 g/mol. The molecule has 0 aromatic heterocycles. The van der Waals surface area contributed by atoms with E-state index in [1.165, 1.54) is 0 Å². The van der Waals surface area contributed by atoms with E-state index in [4.69, 9.17) is 0 Å². The minimum atomic E-state index is -0.566. The van der Waals surface area contributed by atoms with Crippen molar-refractivity contribution in [1.29, 1.82) is 0 Å². The van der Waals surface area contributed by atoms with E-state index in [0.29, 0.717) is 17.7 Å². The van der Waals surface area contributed by atoms with Gasteiger partial charge in [0.2, 0.25) is 0 Å². The molecule has 3 aromatic carbocycles. The fourth-order valence-electron chi connectivity index (χ4n) is 3.41. The first-order valence-electron chi connectivity index (χ1n) is 9.53. The molecule has 0 aliphatic carbocycles. The maximum Gasteiger partial charge on any atom is 0.273 e. The van der Waals surface area contributed by atoms with Crippen molar-refractivity contribution >= 4 is 22.6 Å². The van der Waals surface area contributed by atoms with Crippen LogP contribution >= 0.6 is 0 Å². The highest BCUT2D eigenvalue weighted by molar-refractivity contribution is 6.08. The third kappa shape index (κ3) is 3.77. The summed E-state index contributed by atoms with van der Waals surface area (Å²) in [5.74, 6) is -0.373. The molecule has 2 amide bonds. The molecule has 144 valence electrons. The summed E-state index contributed by atoms with van der Waals surface area (Å²) in [6, 6.07) is 22.6. The van der Waals surface area contributed by atoms with Crippen molar-refractivity contribution in [3.63, 3.8) is 0 Å². The average Bonchev–Trinajstić information content (AvgIpc) is 2.70.